The van der Waals surface area contributed by atoms with E-state index in [9.17, 15) is 23.4 Å². The fourth-order valence-electron chi connectivity index (χ4n) is 8.56. The molecule has 3 unspecified atom stereocenters. The van der Waals surface area contributed by atoms with Crippen LogP contribution < -0.4 is 0 Å². The highest BCUT2D eigenvalue weighted by Gasteiger charge is 2.60. The van der Waals surface area contributed by atoms with E-state index in [1.165, 1.54) is 5.57 Å². The van der Waals surface area contributed by atoms with E-state index >= 15 is 0 Å². The van der Waals surface area contributed by atoms with Crippen molar-refractivity contribution in [3.05, 3.63) is 11.6 Å². The molecule has 184 valence electrons. The zero-order valence-corrected chi connectivity index (χ0v) is 20.1. The van der Waals surface area contributed by atoms with Gasteiger partial charge in [-0.3, -0.25) is 0 Å². The Morgan fingerprint density at radius 1 is 1.12 bits per heavy atom. The molecule has 3 saturated carbocycles. The highest BCUT2D eigenvalue weighted by molar-refractivity contribution is 5.26. The van der Waals surface area contributed by atoms with Crippen LogP contribution >= 0.6 is 0 Å². The van der Waals surface area contributed by atoms with Gasteiger partial charge < -0.3 is 10.2 Å². The van der Waals surface area contributed by atoms with E-state index < -0.39 is 30.7 Å². The molecule has 4 aliphatic rings. The highest BCUT2D eigenvalue weighted by Crippen LogP contribution is 2.67. The standard InChI is InChI=1S/C27H43F3O2/c1-17(10-13-26(5,32)27(28,29)30)20-8-9-21-19-7-6-18-16-23(2,31)14-15-24(18,3)22(19)11-12-25(20,21)4/h6,17,19-22,31-32H,7-16H2,1-5H3/t17-,19?,20-,21?,22?,23+,24+,25-,26+/m1/s1/i5D3. The number of rotatable bonds is 4. The molecule has 4 rings (SSSR count). The smallest absolute Gasteiger partial charge is 0.390 e. The van der Waals surface area contributed by atoms with Gasteiger partial charge in [-0.05, 0) is 118 Å². The van der Waals surface area contributed by atoms with Crippen LogP contribution in [0.25, 0.3) is 0 Å². The molecule has 0 spiro atoms. The average molecular weight is 460 g/mol. The fourth-order valence-corrected chi connectivity index (χ4v) is 8.56. The van der Waals surface area contributed by atoms with Gasteiger partial charge in [0.2, 0.25) is 0 Å². The molecule has 0 saturated heterocycles. The van der Waals surface area contributed by atoms with E-state index in [0.717, 1.165) is 51.4 Å². The Bertz CT molecular complexity index is 838. The molecule has 5 heteroatoms. The minimum atomic E-state index is -5.19. The first kappa shape index (κ1) is 20.8. The maximum atomic E-state index is 13.5. The molecule has 9 atom stereocenters. The highest BCUT2D eigenvalue weighted by atomic mass is 19.4. The molecule has 32 heavy (non-hydrogen) atoms. The maximum absolute atomic E-state index is 13.5. The largest absolute Gasteiger partial charge is 0.416 e. The zero-order chi connectivity index (χ0) is 26.2. The van der Waals surface area contributed by atoms with Crippen LogP contribution in [0.4, 0.5) is 13.2 Å². The summed E-state index contributed by atoms with van der Waals surface area (Å²) >= 11 is 0. The Morgan fingerprint density at radius 2 is 1.84 bits per heavy atom. The minimum Gasteiger partial charge on any atom is -0.390 e. The van der Waals surface area contributed by atoms with Gasteiger partial charge in [0.25, 0.3) is 0 Å². The van der Waals surface area contributed by atoms with Gasteiger partial charge in [-0.1, -0.05) is 32.4 Å². The topological polar surface area (TPSA) is 40.5 Å². The van der Waals surface area contributed by atoms with E-state index in [1.54, 1.807) is 0 Å². The Balaban J connectivity index is 1.50. The third-order valence-electron chi connectivity index (χ3n) is 10.6. The van der Waals surface area contributed by atoms with Crippen molar-refractivity contribution in [2.75, 3.05) is 0 Å². The van der Waals surface area contributed by atoms with Crippen molar-refractivity contribution >= 4 is 0 Å². The molecular weight excluding hydrogens is 413 g/mol. The number of alkyl halides is 3. The van der Waals surface area contributed by atoms with Crippen molar-refractivity contribution in [1.29, 1.82) is 0 Å². The molecule has 0 aromatic heterocycles. The Labute approximate surface area is 196 Å². The number of hydrogen-bond donors (Lipinski definition) is 2. The van der Waals surface area contributed by atoms with Gasteiger partial charge in [0.05, 0.1) is 5.60 Å². The first-order chi connectivity index (χ1) is 15.9. The van der Waals surface area contributed by atoms with Gasteiger partial charge in [-0.15, -0.1) is 0 Å². The van der Waals surface area contributed by atoms with Gasteiger partial charge in [0.15, 0.2) is 5.60 Å². The SMILES string of the molecule is [2H]C([2H])([2H])[C@](O)(CC[C@@H](C)[C@H]1CCC2C3CC=C4C[C@@](C)(O)CC[C@]4(C)C3CC[C@@]21C)C(F)(F)F. The lowest BCUT2D eigenvalue weighted by atomic mass is 9.46. The van der Waals surface area contributed by atoms with Gasteiger partial charge in [0.1, 0.15) is 0 Å². The predicted molar refractivity (Wildman–Crippen MR) is 121 cm³/mol. The summed E-state index contributed by atoms with van der Waals surface area (Å²) in [5.74, 6) is 1.78. The molecule has 2 nitrogen and oxygen atoms in total. The molecule has 0 amide bonds. The number of aliphatic hydroxyl groups is 2. The zero-order valence-electron chi connectivity index (χ0n) is 23.1. The van der Waals surface area contributed by atoms with Crippen molar-refractivity contribution in [3.63, 3.8) is 0 Å². The number of fused-ring (bicyclic) bond motifs is 5. The van der Waals surface area contributed by atoms with Crippen molar-refractivity contribution in [1.82, 2.24) is 0 Å². The molecule has 3 fully saturated rings. The van der Waals surface area contributed by atoms with Crippen LogP contribution in [-0.2, 0) is 0 Å². The molecule has 4 aliphatic carbocycles. The average Bonchev–Trinajstić information content (AvgIpc) is 3.07. The summed E-state index contributed by atoms with van der Waals surface area (Å²) in [6.45, 7) is 5.08. The second kappa shape index (κ2) is 7.73. The van der Waals surface area contributed by atoms with E-state index in [4.69, 9.17) is 4.11 Å². The summed E-state index contributed by atoms with van der Waals surface area (Å²) in [6, 6.07) is 0. The number of halogens is 3. The molecule has 0 radical (unpaired) electrons. The van der Waals surface area contributed by atoms with Crippen molar-refractivity contribution in [2.24, 2.45) is 40.4 Å². The Kier molecular flexibility index (Phi) is 5.02. The summed E-state index contributed by atoms with van der Waals surface area (Å²) in [7, 11) is 0. The summed E-state index contributed by atoms with van der Waals surface area (Å²) in [4.78, 5) is 0. The summed E-state index contributed by atoms with van der Waals surface area (Å²) in [6.07, 6.45) is 4.18. The van der Waals surface area contributed by atoms with Gasteiger partial charge >= 0.3 is 6.18 Å². The molecule has 0 aliphatic heterocycles. The monoisotopic (exact) mass is 459 g/mol. The van der Waals surface area contributed by atoms with Gasteiger partial charge in [0, 0.05) is 4.11 Å². The Hall–Kier alpha value is -0.550. The lowest BCUT2D eigenvalue weighted by molar-refractivity contribution is -0.256. The molecule has 0 aromatic rings. The summed E-state index contributed by atoms with van der Waals surface area (Å²) in [5.41, 5.74) is -2.72. The van der Waals surface area contributed by atoms with E-state index in [1.807, 2.05) is 13.8 Å². The third kappa shape index (κ3) is 3.87. The molecule has 2 N–H and O–H groups in total. The van der Waals surface area contributed by atoms with Crippen LogP contribution in [0, 0.1) is 40.4 Å². The van der Waals surface area contributed by atoms with Crippen LogP contribution in [0.5, 0.6) is 0 Å². The van der Waals surface area contributed by atoms with Crippen LogP contribution in [0.3, 0.4) is 0 Å². The first-order valence-corrected chi connectivity index (χ1v) is 12.6. The van der Waals surface area contributed by atoms with E-state index in [-0.39, 0.29) is 29.1 Å². The normalized spacial score (nSPS) is 48.8. The molecule has 0 bridgehead atoms. The second-order valence-corrected chi connectivity index (χ2v) is 12.5. The Morgan fingerprint density at radius 3 is 2.50 bits per heavy atom. The van der Waals surface area contributed by atoms with Crippen LogP contribution in [0.2, 0.25) is 0 Å². The number of allylic oxidation sites excluding steroid dienone is 1. The first-order valence-electron chi connectivity index (χ1n) is 14.1. The maximum Gasteiger partial charge on any atom is 0.416 e. The third-order valence-corrected chi connectivity index (χ3v) is 10.6. The van der Waals surface area contributed by atoms with E-state index in [2.05, 4.69) is 19.9 Å². The summed E-state index contributed by atoms with van der Waals surface area (Å²) < 4.78 is 62.7. The fraction of sp³-hybridized carbons (Fsp3) is 0.926. The van der Waals surface area contributed by atoms with Gasteiger partial charge in [-0.2, -0.15) is 13.2 Å². The summed E-state index contributed by atoms with van der Waals surface area (Å²) in [5, 5.41) is 20.8. The molecular formula is C27H43F3O2. The minimum absolute atomic E-state index is 0.0266. The van der Waals surface area contributed by atoms with Crippen molar-refractivity contribution in [3.8, 4) is 0 Å². The van der Waals surface area contributed by atoms with Crippen molar-refractivity contribution < 1.29 is 27.5 Å². The second-order valence-electron chi connectivity index (χ2n) is 12.5. The lowest BCUT2D eigenvalue weighted by Crippen LogP contribution is -2.52. The molecule has 0 heterocycles. The quantitative estimate of drug-likeness (QED) is 0.442. The van der Waals surface area contributed by atoms with Crippen LogP contribution in [0.15, 0.2) is 11.6 Å². The predicted octanol–water partition coefficient (Wildman–Crippen LogP) is 7.05. The number of hydrogen-bond acceptors (Lipinski definition) is 2. The van der Waals surface area contributed by atoms with Crippen molar-refractivity contribution in [2.45, 2.75) is 116 Å². The lowest BCUT2D eigenvalue weighted by Gasteiger charge is -2.59. The van der Waals surface area contributed by atoms with Gasteiger partial charge in [-0.25, -0.2) is 0 Å². The van der Waals surface area contributed by atoms with E-state index in [0.29, 0.717) is 17.8 Å². The molecule has 0 aromatic carbocycles. The van der Waals surface area contributed by atoms with Crippen LogP contribution in [-0.4, -0.2) is 27.6 Å². The van der Waals surface area contributed by atoms with Crippen LogP contribution in [0.1, 0.15) is 103 Å².